The lowest BCUT2D eigenvalue weighted by molar-refractivity contribution is -0.155. The number of benzene rings is 2. The Bertz CT molecular complexity index is 1350. The lowest BCUT2D eigenvalue weighted by Crippen LogP contribution is -2.68. The van der Waals surface area contributed by atoms with Gasteiger partial charge in [-0.15, -0.1) is 0 Å². The van der Waals surface area contributed by atoms with Gasteiger partial charge in [-0.05, 0) is 41.7 Å². The molecular formula is C29H37F3N4O3S. The number of methoxy groups -OCH3 is 1. The maximum Gasteiger partial charge on any atom is 0.406 e. The largest absolute Gasteiger partial charge is 0.406 e. The van der Waals surface area contributed by atoms with E-state index in [1.807, 2.05) is 12.1 Å². The van der Waals surface area contributed by atoms with Gasteiger partial charge in [0.2, 0.25) is 10.0 Å². The smallest absolute Gasteiger partial charge is 0.383 e. The fourth-order valence-electron chi connectivity index (χ4n) is 6.44. The maximum atomic E-state index is 13.8. The molecule has 0 aliphatic carbocycles. The summed E-state index contributed by atoms with van der Waals surface area (Å²) < 4.78 is 75.6. The molecule has 3 aliphatic heterocycles. The molecule has 0 radical (unpaired) electrons. The molecule has 0 spiro atoms. The Labute approximate surface area is 234 Å². The van der Waals surface area contributed by atoms with E-state index >= 15 is 0 Å². The second kappa shape index (κ2) is 11.2. The van der Waals surface area contributed by atoms with Crippen LogP contribution in [0.1, 0.15) is 22.6 Å². The third kappa shape index (κ3) is 5.35. The molecule has 11 heteroatoms. The summed E-state index contributed by atoms with van der Waals surface area (Å²) in [5.74, 6) is -0.0282. The van der Waals surface area contributed by atoms with Crippen LogP contribution < -0.4 is 5.43 Å². The molecule has 0 saturated carbocycles. The Hall–Kier alpha value is -2.28. The fourth-order valence-corrected chi connectivity index (χ4v) is 8.44. The van der Waals surface area contributed by atoms with Gasteiger partial charge < -0.3 is 4.74 Å². The van der Waals surface area contributed by atoms with Crippen molar-refractivity contribution >= 4 is 10.0 Å². The van der Waals surface area contributed by atoms with E-state index in [1.165, 1.54) is 27.5 Å². The summed E-state index contributed by atoms with van der Waals surface area (Å²) in [6.45, 7) is 5.21. The number of nitrogens with one attached hydrogen (secondary N) is 1. The zero-order chi connectivity index (χ0) is 28.8. The van der Waals surface area contributed by atoms with Crippen molar-refractivity contribution in [2.45, 2.75) is 49.3 Å². The number of hydrogen-bond donors (Lipinski definition) is 1. The number of aryl methyl sites for hydroxylation is 1. The molecule has 1 N–H and O–H groups in total. The number of ether oxygens (including phenoxy) is 1. The van der Waals surface area contributed by atoms with E-state index in [-0.39, 0.29) is 37.6 Å². The highest BCUT2D eigenvalue weighted by atomic mass is 32.2. The van der Waals surface area contributed by atoms with E-state index in [0.29, 0.717) is 13.2 Å². The first-order valence-corrected chi connectivity index (χ1v) is 15.0. The monoisotopic (exact) mass is 578 g/mol. The van der Waals surface area contributed by atoms with Crippen molar-refractivity contribution in [3.05, 3.63) is 71.3 Å². The van der Waals surface area contributed by atoms with E-state index in [2.05, 4.69) is 60.6 Å². The minimum Gasteiger partial charge on any atom is -0.383 e. The van der Waals surface area contributed by atoms with Gasteiger partial charge in [0.15, 0.2) is 0 Å². The number of sulfonamides is 1. The first-order chi connectivity index (χ1) is 18.9. The average molecular weight is 579 g/mol. The van der Waals surface area contributed by atoms with E-state index in [9.17, 15) is 21.6 Å². The van der Waals surface area contributed by atoms with E-state index < -0.39 is 27.5 Å². The Morgan fingerprint density at radius 1 is 1.02 bits per heavy atom. The summed E-state index contributed by atoms with van der Waals surface area (Å²) >= 11 is 0. The molecule has 7 nitrogen and oxygen atoms in total. The van der Waals surface area contributed by atoms with Crippen LogP contribution in [-0.4, -0.2) is 99.1 Å². The number of hydrazine groups is 1. The Kier molecular flexibility index (Phi) is 8.17. The minimum absolute atomic E-state index is 0.0241. The molecule has 2 aromatic rings. The Morgan fingerprint density at radius 2 is 1.73 bits per heavy atom. The van der Waals surface area contributed by atoms with Gasteiger partial charge in [-0.1, -0.05) is 54.6 Å². The molecule has 5 unspecified atom stereocenters. The van der Waals surface area contributed by atoms with Crippen LogP contribution in [0.15, 0.2) is 54.6 Å². The summed E-state index contributed by atoms with van der Waals surface area (Å²) in [6, 6.07) is 12.3. The van der Waals surface area contributed by atoms with Crippen LogP contribution in [-0.2, 0) is 14.8 Å². The number of fused-ring (bicyclic) bond motifs is 1. The summed E-state index contributed by atoms with van der Waals surface area (Å²) in [4.78, 5) is 2.20. The molecule has 3 aliphatic rings. The zero-order valence-electron chi connectivity index (χ0n) is 23.2. The van der Waals surface area contributed by atoms with Crippen LogP contribution >= 0.6 is 0 Å². The highest BCUT2D eigenvalue weighted by Crippen LogP contribution is 2.43. The van der Waals surface area contributed by atoms with Gasteiger partial charge in [0, 0.05) is 58.3 Å². The molecule has 3 heterocycles. The third-order valence-electron chi connectivity index (χ3n) is 8.69. The van der Waals surface area contributed by atoms with Gasteiger partial charge in [0.05, 0.1) is 6.61 Å². The summed E-state index contributed by atoms with van der Waals surface area (Å²) in [5.41, 5.74) is 8.07. The van der Waals surface area contributed by atoms with Crippen LogP contribution in [0.4, 0.5) is 13.2 Å². The SMILES string of the molecule is COCC1C(c2ccc(-c3cccc(C)c3C)cc2)C2CN(S(=O)(=O)C3CN(C)NC3C(F)(F)F)C/C=C\CN12. The van der Waals surface area contributed by atoms with Crippen molar-refractivity contribution in [3.8, 4) is 11.1 Å². The van der Waals surface area contributed by atoms with Gasteiger partial charge in [-0.3, -0.25) is 4.90 Å². The summed E-state index contributed by atoms with van der Waals surface area (Å²) in [5, 5.41) is -0.408. The average Bonchev–Trinajstić information content (AvgIpc) is 3.30. The second-order valence-electron chi connectivity index (χ2n) is 11.1. The zero-order valence-corrected chi connectivity index (χ0v) is 24.0. The van der Waals surface area contributed by atoms with Crippen LogP contribution in [0.3, 0.4) is 0 Å². The first kappa shape index (κ1) is 29.2. The molecule has 2 fully saturated rings. The summed E-state index contributed by atoms with van der Waals surface area (Å²) in [6.07, 6.45) is -1.05. The van der Waals surface area contributed by atoms with Crippen molar-refractivity contribution in [1.29, 1.82) is 0 Å². The van der Waals surface area contributed by atoms with Gasteiger partial charge >= 0.3 is 6.18 Å². The van der Waals surface area contributed by atoms with Crippen molar-refractivity contribution in [2.24, 2.45) is 0 Å². The molecule has 40 heavy (non-hydrogen) atoms. The molecule has 5 atom stereocenters. The van der Waals surface area contributed by atoms with Crippen molar-refractivity contribution in [3.63, 3.8) is 0 Å². The van der Waals surface area contributed by atoms with Crippen LogP contribution in [0.25, 0.3) is 11.1 Å². The number of nitrogens with zero attached hydrogens (tertiary/aromatic N) is 3. The predicted octanol–water partition coefficient (Wildman–Crippen LogP) is 3.70. The molecule has 2 aromatic carbocycles. The van der Waals surface area contributed by atoms with Gasteiger partial charge in [0.1, 0.15) is 11.3 Å². The number of halogens is 3. The van der Waals surface area contributed by atoms with Gasteiger partial charge in [-0.25, -0.2) is 18.9 Å². The first-order valence-electron chi connectivity index (χ1n) is 13.5. The normalized spacial score (nSPS) is 29.4. The van der Waals surface area contributed by atoms with E-state index in [4.69, 9.17) is 4.74 Å². The van der Waals surface area contributed by atoms with Gasteiger partial charge in [0.25, 0.3) is 0 Å². The second-order valence-corrected chi connectivity index (χ2v) is 13.2. The molecule has 218 valence electrons. The number of hydrogen-bond acceptors (Lipinski definition) is 6. The molecule has 0 aromatic heterocycles. The van der Waals surface area contributed by atoms with Crippen molar-refractivity contribution in [2.75, 3.05) is 46.9 Å². The predicted molar refractivity (Wildman–Crippen MR) is 149 cm³/mol. The van der Waals surface area contributed by atoms with E-state index in [0.717, 1.165) is 16.7 Å². The number of alkyl halides is 3. The van der Waals surface area contributed by atoms with Crippen LogP contribution in [0.2, 0.25) is 0 Å². The van der Waals surface area contributed by atoms with E-state index in [1.54, 1.807) is 13.2 Å². The lowest BCUT2D eigenvalue weighted by Gasteiger charge is -2.56. The molecule has 0 bridgehead atoms. The van der Waals surface area contributed by atoms with Crippen molar-refractivity contribution in [1.82, 2.24) is 19.6 Å². The lowest BCUT2D eigenvalue weighted by atomic mass is 9.74. The Balaban J connectivity index is 1.44. The molecular weight excluding hydrogens is 541 g/mol. The molecule has 2 saturated heterocycles. The standard InChI is InChI=1S/C29H37F3N4O3S/c1-19-8-7-9-23(20(19)2)21-10-12-22(13-11-21)27-24-16-35(14-5-6-15-36(24)25(27)18-39-4)40(37,38)26-17-34(3)33-28(26)29(30,31)32/h5-13,24-28,33H,14-18H2,1-4H3/b6-5-. The number of rotatable bonds is 6. The van der Waals surface area contributed by atoms with Crippen molar-refractivity contribution < 1.29 is 26.3 Å². The van der Waals surface area contributed by atoms with Crippen LogP contribution in [0, 0.1) is 13.8 Å². The third-order valence-corrected chi connectivity index (χ3v) is 10.9. The molecule has 0 amide bonds. The highest BCUT2D eigenvalue weighted by molar-refractivity contribution is 7.89. The Morgan fingerprint density at radius 3 is 2.40 bits per heavy atom. The summed E-state index contributed by atoms with van der Waals surface area (Å²) in [7, 11) is -1.20. The quantitative estimate of drug-likeness (QED) is 0.528. The molecule has 5 rings (SSSR count). The fraction of sp³-hybridized carbons (Fsp3) is 0.517. The highest BCUT2D eigenvalue weighted by Gasteiger charge is 2.57. The van der Waals surface area contributed by atoms with Crippen LogP contribution in [0.5, 0.6) is 0 Å². The maximum absolute atomic E-state index is 13.8. The van der Waals surface area contributed by atoms with Gasteiger partial charge in [-0.2, -0.15) is 17.5 Å². The topological polar surface area (TPSA) is 65.1 Å². The minimum atomic E-state index is -4.69.